The van der Waals surface area contributed by atoms with Crippen molar-refractivity contribution in [3.8, 4) is 5.75 Å². The summed E-state index contributed by atoms with van der Waals surface area (Å²) in [6.45, 7) is 4.40. The smallest absolute Gasteiger partial charge is 0.246 e. The van der Waals surface area contributed by atoms with Crippen LogP contribution < -0.4 is 10.1 Å². The molecule has 1 aliphatic heterocycles. The molecule has 0 unspecified atom stereocenters. The number of hydrogen-bond donors (Lipinski definition) is 1. The molecular weight excluding hydrogens is 386 g/mol. The lowest BCUT2D eigenvalue weighted by atomic mass is 9.97. The normalized spacial score (nSPS) is 16.3. The number of amides is 1. The van der Waals surface area contributed by atoms with Crippen molar-refractivity contribution in [1.82, 2.24) is 9.29 Å². The second-order valence-corrected chi connectivity index (χ2v) is 9.39. The third-order valence-corrected chi connectivity index (χ3v) is 7.49. The highest BCUT2D eigenvalue weighted by Crippen LogP contribution is 2.32. The number of nitrogens with zero attached hydrogens (tertiary/aromatic N) is 2. The maximum atomic E-state index is 13.1. The number of carbonyl (C=O) groups is 1. The van der Waals surface area contributed by atoms with Gasteiger partial charge >= 0.3 is 0 Å². The molecule has 1 aromatic carbocycles. The van der Waals surface area contributed by atoms with Gasteiger partial charge in [0.25, 0.3) is 0 Å². The predicted molar refractivity (Wildman–Crippen MR) is 105 cm³/mol. The summed E-state index contributed by atoms with van der Waals surface area (Å²) >= 11 is 1.36. The average Bonchev–Trinajstić information content (AvgIpc) is 3.16. The highest BCUT2D eigenvalue weighted by atomic mass is 32.2. The zero-order chi connectivity index (χ0) is 19.6. The number of carbonyl (C=O) groups excluding carboxylic acids is 1. The van der Waals surface area contributed by atoms with Crippen molar-refractivity contribution in [3.63, 3.8) is 0 Å². The Hall–Kier alpha value is -1.97. The molecule has 146 valence electrons. The van der Waals surface area contributed by atoms with Gasteiger partial charge in [-0.1, -0.05) is 0 Å². The number of nitrogens with one attached hydrogen (secondary N) is 1. The second kappa shape index (κ2) is 7.95. The molecule has 0 radical (unpaired) electrons. The number of rotatable bonds is 5. The fraction of sp³-hybridized carbons (Fsp3) is 0.444. The predicted octanol–water partition coefficient (Wildman–Crippen LogP) is 2.81. The van der Waals surface area contributed by atoms with E-state index in [9.17, 15) is 13.2 Å². The number of sulfonamides is 1. The minimum atomic E-state index is -3.68. The topological polar surface area (TPSA) is 88.6 Å². The van der Waals surface area contributed by atoms with E-state index < -0.39 is 10.0 Å². The van der Waals surface area contributed by atoms with Gasteiger partial charge in [-0.05, 0) is 49.9 Å². The molecule has 27 heavy (non-hydrogen) atoms. The molecule has 1 aliphatic rings. The van der Waals surface area contributed by atoms with Gasteiger partial charge in [0.1, 0.15) is 10.6 Å². The van der Waals surface area contributed by atoms with E-state index in [0.717, 1.165) is 11.1 Å². The first kappa shape index (κ1) is 19.8. The largest absolute Gasteiger partial charge is 0.495 e. The first-order valence-corrected chi connectivity index (χ1v) is 11.0. The minimum Gasteiger partial charge on any atom is -0.495 e. The summed E-state index contributed by atoms with van der Waals surface area (Å²) in [4.78, 5) is 16.6. The monoisotopic (exact) mass is 409 g/mol. The van der Waals surface area contributed by atoms with Crippen LogP contribution in [0.5, 0.6) is 5.75 Å². The van der Waals surface area contributed by atoms with Crippen molar-refractivity contribution in [3.05, 3.63) is 34.8 Å². The Morgan fingerprint density at radius 3 is 2.52 bits per heavy atom. The van der Waals surface area contributed by atoms with E-state index in [1.165, 1.54) is 22.8 Å². The van der Waals surface area contributed by atoms with Crippen molar-refractivity contribution in [1.29, 1.82) is 0 Å². The number of anilines is 1. The molecule has 7 nitrogen and oxygen atoms in total. The number of aromatic nitrogens is 1. The summed E-state index contributed by atoms with van der Waals surface area (Å²) in [7, 11) is -2.21. The van der Waals surface area contributed by atoms with Crippen LogP contribution in [0.25, 0.3) is 0 Å². The maximum Gasteiger partial charge on any atom is 0.246 e. The maximum absolute atomic E-state index is 13.1. The van der Waals surface area contributed by atoms with Crippen molar-refractivity contribution in [2.45, 2.75) is 31.6 Å². The van der Waals surface area contributed by atoms with Crippen LogP contribution in [0, 0.1) is 19.8 Å². The van der Waals surface area contributed by atoms with E-state index in [2.05, 4.69) is 10.3 Å². The molecule has 0 saturated carbocycles. The van der Waals surface area contributed by atoms with Crippen LogP contribution in [-0.2, 0) is 14.8 Å². The number of hydrogen-bond acceptors (Lipinski definition) is 6. The third-order valence-electron chi connectivity index (χ3n) is 4.88. The zero-order valence-corrected chi connectivity index (χ0v) is 17.2. The molecular formula is C18H23N3O4S2. The molecule has 1 aromatic heterocycles. The molecule has 2 heterocycles. The fourth-order valence-corrected chi connectivity index (χ4v) is 5.34. The number of piperidine rings is 1. The lowest BCUT2D eigenvalue weighted by molar-refractivity contribution is -0.120. The molecule has 1 saturated heterocycles. The molecule has 9 heteroatoms. The van der Waals surface area contributed by atoms with Gasteiger partial charge in [0.15, 0.2) is 5.13 Å². The van der Waals surface area contributed by atoms with Crippen LogP contribution >= 0.6 is 11.3 Å². The third kappa shape index (κ3) is 4.15. The SMILES string of the molecule is COc1cc(C)c(C)cc1S(=O)(=O)N1CCC(C(=O)Nc2nccs2)CC1. The van der Waals surface area contributed by atoms with Crippen molar-refractivity contribution in [2.75, 3.05) is 25.5 Å². The van der Waals surface area contributed by atoms with E-state index in [-0.39, 0.29) is 16.7 Å². The molecule has 1 fully saturated rings. The van der Waals surface area contributed by atoms with E-state index in [0.29, 0.717) is 36.8 Å². The Morgan fingerprint density at radius 1 is 1.26 bits per heavy atom. The Kier molecular flexibility index (Phi) is 5.83. The van der Waals surface area contributed by atoms with Gasteiger partial charge < -0.3 is 10.1 Å². The molecule has 1 amide bonds. The molecule has 1 N–H and O–H groups in total. The van der Waals surface area contributed by atoms with Gasteiger partial charge in [-0.2, -0.15) is 4.31 Å². The summed E-state index contributed by atoms with van der Waals surface area (Å²) in [5.74, 6) is 0.0227. The van der Waals surface area contributed by atoms with Gasteiger partial charge in [-0.3, -0.25) is 4.79 Å². The second-order valence-electron chi connectivity index (χ2n) is 6.59. The first-order chi connectivity index (χ1) is 12.8. The number of methoxy groups -OCH3 is 1. The molecule has 0 atom stereocenters. The Labute approximate surface area is 163 Å². The summed E-state index contributed by atoms with van der Waals surface area (Å²) < 4.78 is 32.9. The average molecular weight is 410 g/mol. The standard InChI is InChI=1S/C18H23N3O4S2/c1-12-10-15(25-3)16(11-13(12)2)27(23,24)21-7-4-14(5-8-21)17(22)20-18-19-6-9-26-18/h6,9-11,14H,4-5,7-8H2,1-3H3,(H,19,20,22). The summed E-state index contributed by atoms with van der Waals surface area (Å²) in [5.41, 5.74) is 1.87. The molecule has 2 aromatic rings. The van der Waals surface area contributed by atoms with Crippen LogP contribution in [0.4, 0.5) is 5.13 Å². The van der Waals surface area contributed by atoms with Gasteiger partial charge in [-0.15, -0.1) is 11.3 Å². The van der Waals surface area contributed by atoms with E-state index in [4.69, 9.17) is 4.74 Å². The van der Waals surface area contributed by atoms with Crippen molar-refractivity contribution in [2.24, 2.45) is 5.92 Å². The van der Waals surface area contributed by atoms with Crippen LogP contribution in [0.15, 0.2) is 28.6 Å². The summed E-state index contributed by atoms with van der Waals surface area (Å²) in [5, 5.41) is 5.15. The van der Waals surface area contributed by atoms with Gasteiger partial charge in [-0.25, -0.2) is 13.4 Å². The van der Waals surface area contributed by atoms with Crippen molar-refractivity contribution < 1.29 is 17.9 Å². The van der Waals surface area contributed by atoms with Gasteiger partial charge in [0.05, 0.1) is 7.11 Å². The van der Waals surface area contributed by atoms with Gasteiger partial charge in [0.2, 0.25) is 15.9 Å². The Balaban J connectivity index is 1.72. The number of benzene rings is 1. The molecule has 0 aliphatic carbocycles. The highest BCUT2D eigenvalue weighted by molar-refractivity contribution is 7.89. The molecule has 3 rings (SSSR count). The number of thiazole rings is 1. The van der Waals surface area contributed by atoms with Crippen LogP contribution in [0.1, 0.15) is 24.0 Å². The van der Waals surface area contributed by atoms with E-state index >= 15 is 0 Å². The van der Waals surface area contributed by atoms with Crippen LogP contribution in [0.2, 0.25) is 0 Å². The fourth-order valence-electron chi connectivity index (χ4n) is 3.11. The first-order valence-electron chi connectivity index (χ1n) is 8.68. The number of ether oxygens (including phenoxy) is 1. The molecule has 0 spiro atoms. The minimum absolute atomic E-state index is 0.106. The van der Waals surface area contributed by atoms with Gasteiger partial charge in [0, 0.05) is 30.6 Å². The van der Waals surface area contributed by atoms with Crippen LogP contribution in [0.3, 0.4) is 0 Å². The lowest BCUT2D eigenvalue weighted by Gasteiger charge is -2.30. The van der Waals surface area contributed by atoms with E-state index in [1.54, 1.807) is 23.7 Å². The quantitative estimate of drug-likeness (QED) is 0.820. The summed E-state index contributed by atoms with van der Waals surface area (Å²) in [6.07, 6.45) is 2.58. The summed E-state index contributed by atoms with van der Waals surface area (Å²) in [6, 6.07) is 3.40. The highest BCUT2D eigenvalue weighted by Gasteiger charge is 2.34. The number of aryl methyl sites for hydroxylation is 2. The van der Waals surface area contributed by atoms with Crippen LogP contribution in [-0.4, -0.2) is 43.8 Å². The Morgan fingerprint density at radius 2 is 1.93 bits per heavy atom. The Bertz CT molecular complexity index is 918. The lowest BCUT2D eigenvalue weighted by Crippen LogP contribution is -2.41. The molecule has 0 bridgehead atoms. The van der Waals surface area contributed by atoms with Crippen molar-refractivity contribution >= 4 is 32.4 Å². The zero-order valence-electron chi connectivity index (χ0n) is 15.6. The van der Waals surface area contributed by atoms with E-state index in [1.807, 2.05) is 13.8 Å².